The van der Waals surface area contributed by atoms with Crippen LogP contribution >= 0.6 is 0 Å². The fourth-order valence-corrected chi connectivity index (χ4v) is 16.0. The predicted octanol–water partition coefficient (Wildman–Crippen LogP) is 25.8. The van der Waals surface area contributed by atoms with Crippen LogP contribution in [0.4, 0.5) is 68.2 Å². The zero-order valence-corrected chi connectivity index (χ0v) is 65.9. The number of nitrogens with zero attached hydrogens (tertiary/aromatic N) is 4. The summed E-state index contributed by atoms with van der Waals surface area (Å²) in [4.78, 5) is 10.6. The second-order valence-electron chi connectivity index (χ2n) is 38.4. The molecule has 0 atom stereocenters. The van der Waals surface area contributed by atoms with Gasteiger partial charge >= 0.3 is 0 Å². The Hall–Kier alpha value is -8.54. The Balaban J connectivity index is 1.24. The van der Waals surface area contributed by atoms with Gasteiger partial charge in [-0.15, -0.1) is 0 Å². The fourth-order valence-electron chi connectivity index (χ4n) is 16.0. The van der Waals surface area contributed by atoms with E-state index < -0.39 is 0 Å². The summed E-state index contributed by atoms with van der Waals surface area (Å²) in [5.41, 5.74) is 31.2. The molecule has 520 valence electrons. The highest BCUT2D eigenvalue weighted by molar-refractivity contribution is 7.00. The Morgan fingerprint density at radius 2 is 0.703 bits per heavy atom. The Labute approximate surface area is 609 Å². The fraction of sp³-hybridized carbons (Fsp3) is 0.375. The molecule has 0 bridgehead atoms. The van der Waals surface area contributed by atoms with Gasteiger partial charge in [-0.25, -0.2) is 0 Å². The van der Waals surface area contributed by atoms with Crippen molar-refractivity contribution in [1.29, 1.82) is 0 Å². The van der Waals surface area contributed by atoms with Crippen LogP contribution in [0.15, 0.2) is 206 Å². The molecular weight excluding hydrogens is 1220 g/mol. The second-order valence-corrected chi connectivity index (χ2v) is 38.4. The number of hydrogen-bond acceptors (Lipinski definition) is 4. The molecule has 13 rings (SSSR count). The van der Waals surface area contributed by atoms with Crippen LogP contribution in [0, 0.1) is 0 Å². The monoisotopic (exact) mass is 1330 g/mol. The molecule has 4 nitrogen and oxygen atoms in total. The molecule has 2 aliphatic heterocycles. The van der Waals surface area contributed by atoms with Gasteiger partial charge in [-0.1, -0.05) is 276 Å². The lowest BCUT2D eigenvalue weighted by atomic mass is 9.33. The van der Waals surface area contributed by atoms with Crippen molar-refractivity contribution in [1.82, 2.24) is 0 Å². The van der Waals surface area contributed by atoms with Crippen molar-refractivity contribution >= 4 is 91.3 Å². The highest BCUT2D eigenvalue weighted by atomic mass is 15.2. The molecule has 2 heterocycles. The van der Waals surface area contributed by atoms with Crippen LogP contribution in [0.5, 0.6) is 0 Å². The molecule has 0 spiro atoms. The van der Waals surface area contributed by atoms with Gasteiger partial charge in [-0.05, 0) is 237 Å². The molecule has 3 aliphatic rings. The van der Waals surface area contributed by atoms with E-state index >= 15 is 0 Å². The minimum atomic E-state index is -0.330. The van der Waals surface area contributed by atoms with Crippen molar-refractivity contribution in [2.24, 2.45) is 0 Å². The van der Waals surface area contributed by atoms with Crippen LogP contribution in [-0.2, 0) is 48.7 Å². The van der Waals surface area contributed by atoms with E-state index in [-0.39, 0.29) is 55.4 Å². The molecule has 0 aromatic heterocycles. The third kappa shape index (κ3) is 13.2. The van der Waals surface area contributed by atoms with E-state index in [2.05, 4.69) is 399 Å². The first-order valence-corrected chi connectivity index (χ1v) is 37.5. The Bertz CT molecular complexity index is 4650. The molecule has 10 aromatic carbocycles. The van der Waals surface area contributed by atoms with Crippen LogP contribution < -0.4 is 36.0 Å². The van der Waals surface area contributed by atoms with E-state index in [4.69, 9.17) is 0 Å². The van der Waals surface area contributed by atoms with Gasteiger partial charge in [0.05, 0.1) is 11.4 Å². The quantitative estimate of drug-likeness (QED) is 0.134. The highest BCUT2D eigenvalue weighted by Crippen LogP contribution is 2.55. The maximum absolute atomic E-state index is 2.74. The summed E-state index contributed by atoms with van der Waals surface area (Å²) in [5.74, 6) is 0. The van der Waals surface area contributed by atoms with Gasteiger partial charge in [0.15, 0.2) is 0 Å². The number of hydrogen-bond donors (Lipinski definition) is 0. The van der Waals surface area contributed by atoms with Gasteiger partial charge in [0, 0.05) is 62.4 Å². The van der Waals surface area contributed by atoms with Crippen molar-refractivity contribution in [2.75, 3.05) is 19.6 Å². The summed E-state index contributed by atoms with van der Waals surface area (Å²) < 4.78 is 0. The Morgan fingerprint density at radius 3 is 1.15 bits per heavy atom. The molecule has 10 aromatic rings. The van der Waals surface area contributed by atoms with E-state index in [1.54, 1.807) is 0 Å². The molecule has 101 heavy (non-hydrogen) atoms. The molecule has 0 saturated heterocycles. The second kappa shape index (κ2) is 24.6. The summed E-state index contributed by atoms with van der Waals surface area (Å²) >= 11 is 0. The van der Waals surface area contributed by atoms with E-state index in [9.17, 15) is 0 Å². The zero-order valence-electron chi connectivity index (χ0n) is 65.9. The summed E-state index contributed by atoms with van der Waals surface area (Å²) in [6.45, 7) is 59.1. The summed E-state index contributed by atoms with van der Waals surface area (Å²) in [5, 5.41) is 0. The average Bonchev–Trinajstić information content (AvgIpc) is 0.683. The van der Waals surface area contributed by atoms with Crippen molar-refractivity contribution < 1.29 is 0 Å². The third-order valence-corrected chi connectivity index (χ3v) is 22.6. The first kappa shape index (κ1) is 70.9. The number of rotatable bonds is 9. The van der Waals surface area contributed by atoms with Gasteiger partial charge in [-0.3, -0.25) is 0 Å². The maximum Gasteiger partial charge on any atom is 0.252 e. The van der Waals surface area contributed by atoms with E-state index in [1.165, 1.54) is 106 Å². The number of anilines is 12. The van der Waals surface area contributed by atoms with Crippen molar-refractivity contribution in [2.45, 2.75) is 235 Å². The van der Waals surface area contributed by atoms with Crippen molar-refractivity contribution in [3.8, 4) is 11.1 Å². The number of benzene rings is 10. The van der Waals surface area contributed by atoms with E-state index in [0.717, 1.165) is 52.7 Å². The first-order valence-electron chi connectivity index (χ1n) is 37.5. The third-order valence-electron chi connectivity index (χ3n) is 22.6. The summed E-state index contributed by atoms with van der Waals surface area (Å²) in [6.07, 6.45) is 2.20. The molecule has 0 unspecified atom stereocenters. The van der Waals surface area contributed by atoms with E-state index in [0.29, 0.717) is 0 Å². The smallest absolute Gasteiger partial charge is 0.252 e. The summed E-state index contributed by atoms with van der Waals surface area (Å²) in [7, 11) is 0. The van der Waals surface area contributed by atoms with Gasteiger partial charge in [0.25, 0.3) is 6.71 Å². The standard InChI is InChI=1S/C96H113BN4/c1-88(2,3)63-34-43-69(44-35-63)98(70-45-36-64(37-46-70)89(4,5)6)74-56-85-87-86(57-74)101(81-51-42-68(93(16,17)18)55-75(81)62-30-27-26-28-31-62)84-59-77-76(95(22,23)52-53-96(77,24)25)58-79(84)97(87)80-61-82(78(94(19,20)21)60-83(80)100(85)73-33-29-32-67(54-73)92(13,14)15)99(71-47-38-65(39-48-71)90(7,8)9)72-49-40-66(41-50-72)91(10,11)12/h26-51,54-61H,52-53H2,1-25H3. The lowest BCUT2D eigenvalue weighted by Gasteiger charge is -2.48. The van der Waals surface area contributed by atoms with Gasteiger partial charge in [0.1, 0.15) is 0 Å². The lowest BCUT2D eigenvalue weighted by molar-refractivity contribution is 0.332. The van der Waals surface area contributed by atoms with Crippen molar-refractivity contribution in [3.05, 3.63) is 256 Å². The molecule has 0 saturated carbocycles. The van der Waals surface area contributed by atoms with Crippen LogP contribution in [-0.4, -0.2) is 6.71 Å². The van der Waals surface area contributed by atoms with Gasteiger partial charge < -0.3 is 19.6 Å². The lowest BCUT2D eigenvalue weighted by Crippen LogP contribution is -2.62. The molecule has 0 radical (unpaired) electrons. The number of fused-ring (bicyclic) bond motifs is 5. The molecule has 0 amide bonds. The average molecular weight is 1330 g/mol. The minimum Gasteiger partial charge on any atom is -0.311 e. The first-order chi connectivity index (χ1) is 47.0. The normalized spacial score (nSPS) is 15.2. The van der Waals surface area contributed by atoms with Crippen LogP contribution in [0.25, 0.3) is 11.1 Å². The van der Waals surface area contributed by atoms with E-state index in [1.807, 2.05) is 0 Å². The van der Waals surface area contributed by atoms with Crippen LogP contribution in [0.1, 0.15) is 236 Å². The summed E-state index contributed by atoms with van der Waals surface area (Å²) in [6, 6.07) is 81.9. The minimum absolute atomic E-state index is 0.0225. The largest absolute Gasteiger partial charge is 0.311 e. The molecule has 0 fully saturated rings. The highest BCUT2D eigenvalue weighted by Gasteiger charge is 2.49. The van der Waals surface area contributed by atoms with Crippen LogP contribution in [0.3, 0.4) is 0 Å². The van der Waals surface area contributed by atoms with Gasteiger partial charge in [0.2, 0.25) is 0 Å². The van der Waals surface area contributed by atoms with Gasteiger partial charge in [-0.2, -0.15) is 0 Å². The molecule has 1 aliphatic carbocycles. The molecular formula is C96H113BN4. The zero-order chi connectivity index (χ0) is 72.9. The maximum atomic E-state index is 2.74. The Morgan fingerprint density at radius 1 is 0.307 bits per heavy atom. The topological polar surface area (TPSA) is 13.0 Å². The molecule has 5 heteroatoms. The van der Waals surface area contributed by atoms with Crippen molar-refractivity contribution in [3.63, 3.8) is 0 Å². The SMILES string of the molecule is CC(C)(C)c1ccc(N(c2ccc(C(C)(C)C)cc2)c2cc3c4c(c2)N(c2ccc(C(C)(C)C)cc2-c2ccccc2)c2cc5c(cc2B4c2cc(N(c4ccc(C(C)(C)C)cc4)c4ccc(C(C)(C)C)cc4)c(C(C)(C)C)cc2N3c2cccc(C(C)(C)C)c2)C(C)(C)CCC5(C)C)cc1. The van der Waals surface area contributed by atoms with Crippen LogP contribution in [0.2, 0.25) is 0 Å². The molecule has 0 N–H and O–H groups in total. The predicted molar refractivity (Wildman–Crippen MR) is 441 cm³/mol. The Kier molecular flexibility index (Phi) is 17.3.